The van der Waals surface area contributed by atoms with Crippen LogP contribution in [0.5, 0.6) is 0 Å². The minimum absolute atomic E-state index is 1.17. The molecule has 0 saturated carbocycles. The molecular formula is C16H24. The van der Waals surface area contributed by atoms with E-state index in [1.807, 2.05) is 0 Å². The van der Waals surface area contributed by atoms with Gasteiger partial charge >= 0.3 is 0 Å². The van der Waals surface area contributed by atoms with Crippen molar-refractivity contribution in [2.24, 2.45) is 0 Å². The van der Waals surface area contributed by atoms with Crippen LogP contribution >= 0.6 is 0 Å². The molecule has 0 radical (unpaired) electrons. The lowest BCUT2D eigenvalue weighted by Gasteiger charge is -2.11. The van der Waals surface area contributed by atoms with E-state index in [2.05, 4.69) is 51.1 Å². The second-order valence-electron chi connectivity index (χ2n) is 4.42. The average Bonchev–Trinajstić information content (AvgIpc) is 2.29. The number of allylic oxidation sites excluding steroid dienone is 2. The van der Waals surface area contributed by atoms with Gasteiger partial charge in [-0.05, 0) is 56.2 Å². The van der Waals surface area contributed by atoms with Gasteiger partial charge in [-0.1, -0.05) is 43.7 Å². The highest BCUT2D eigenvalue weighted by Crippen LogP contribution is 2.18. The van der Waals surface area contributed by atoms with Crippen LogP contribution in [0.25, 0.3) is 0 Å². The zero-order chi connectivity index (χ0) is 11.8. The van der Waals surface area contributed by atoms with Gasteiger partial charge in [-0.15, -0.1) is 0 Å². The second kappa shape index (κ2) is 7.27. The first kappa shape index (κ1) is 13.0. The Hall–Kier alpha value is -1.04. The third-order valence-electron chi connectivity index (χ3n) is 3.10. The minimum atomic E-state index is 1.17. The fourth-order valence-corrected chi connectivity index (χ4v) is 2.12. The van der Waals surface area contributed by atoms with Crippen molar-refractivity contribution in [2.45, 2.75) is 52.9 Å². The van der Waals surface area contributed by atoms with Gasteiger partial charge in [0.05, 0.1) is 0 Å². The third kappa shape index (κ3) is 3.84. The van der Waals surface area contributed by atoms with Gasteiger partial charge in [-0.25, -0.2) is 0 Å². The molecule has 0 heteroatoms. The summed E-state index contributed by atoms with van der Waals surface area (Å²) in [6.45, 7) is 6.59. The van der Waals surface area contributed by atoms with Gasteiger partial charge in [0.25, 0.3) is 0 Å². The number of rotatable bonds is 6. The summed E-state index contributed by atoms with van der Waals surface area (Å²) in [5.74, 6) is 0. The summed E-state index contributed by atoms with van der Waals surface area (Å²) in [4.78, 5) is 0. The Bertz CT molecular complexity index is 334. The predicted molar refractivity (Wildman–Crippen MR) is 72.9 cm³/mol. The first-order chi connectivity index (χ1) is 7.79. The van der Waals surface area contributed by atoms with Crippen molar-refractivity contribution in [1.82, 2.24) is 0 Å². The van der Waals surface area contributed by atoms with Gasteiger partial charge in [0.2, 0.25) is 0 Å². The first-order valence-electron chi connectivity index (χ1n) is 6.48. The Labute approximate surface area is 100 Å². The van der Waals surface area contributed by atoms with E-state index in [4.69, 9.17) is 0 Å². The maximum Gasteiger partial charge on any atom is -0.0239 e. The van der Waals surface area contributed by atoms with Crippen molar-refractivity contribution >= 4 is 0 Å². The number of benzene rings is 1. The van der Waals surface area contributed by atoms with Crippen molar-refractivity contribution in [3.63, 3.8) is 0 Å². The third-order valence-corrected chi connectivity index (χ3v) is 3.10. The molecule has 0 atom stereocenters. The van der Waals surface area contributed by atoms with E-state index in [-0.39, 0.29) is 0 Å². The Morgan fingerprint density at radius 1 is 1.19 bits per heavy atom. The molecule has 16 heavy (non-hydrogen) atoms. The van der Waals surface area contributed by atoms with E-state index in [0.717, 1.165) is 0 Å². The molecule has 1 aromatic carbocycles. The van der Waals surface area contributed by atoms with Crippen molar-refractivity contribution in [3.05, 3.63) is 47.0 Å². The van der Waals surface area contributed by atoms with Gasteiger partial charge in [-0.2, -0.15) is 0 Å². The molecule has 0 spiro atoms. The van der Waals surface area contributed by atoms with Crippen LogP contribution in [0.3, 0.4) is 0 Å². The molecule has 0 unspecified atom stereocenters. The first-order valence-corrected chi connectivity index (χ1v) is 6.48. The topological polar surface area (TPSA) is 0 Å². The van der Waals surface area contributed by atoms with Crippen molar-refractivity contribution in [2.75, 3.05) is 0 Å². The molecule has 0 heterocycles. The summed E-state index contributed by atoms with van der Waals surface area (Å²) < 4.78 is 0. The predicted octanol–water partition coefficient (Wildman–Crippen LogP) is 4.85. The van der Waals surface area contributed by atoms with Gasteiger partial charge in [0, 0.05) is 0 Å². The highest BCUT2D eigenvalue weighted by molar-refractivity contribution is 5.35. The van der Waals surface area contributed by atoms with Crippen molar-refractivity contribution in [1.29, 1.82) is 0 Å². The van der Waals surface area contributed by atoms with Gasteiger partial charge < -0.3 is 0 Å². The van der Waals surface area contributed by atoms with Crippen LogP contribution in [0.15, 0.2) is 30.4 Å². The summed E-state index contributed by atoms with van der Waals surface area (Å²) in [6, 6.07) is 6.73. The van der Waals surface area contributed by atoms with Gasteiger partial charge in [0.15, 0.2) is 0 Å². The Morgan fingerprint density at radius 3 is 2.69 bits per heavy atom. The molecule has 0 N–H and O–H groups in total. The molecule has 0 amide bonds. The number of hydrogen-bond acceptors (Lipinski definition) is 0. The average molecular weight is 216 g/mol. The summed E-state index contributed by atoms with van der Waals surface area (Å²) in [6.07, 6.45) is 10.6. The maximum atomic E-state index is 2.30. The molecule has 0 aliphatic rings. The molecule has 0 fully saturated rings. The molecule has 1 aromatic rings. The van der Waals surface area contributed by atoms with E-state index in [0.29, 0.717) is 0 Å². The molecule has 0 aliphatic carbocycles. The molecule has 88 valence electrons. The quantitative estimate of drug-likeness (QED) is 0.596. The Morgan fingerprint density at radius 2 is 2.00 bits per heavy atom. The second-order valence-corrected chi connectivity index (χ2v) is 4.42. The molecule has 0 aliphatic heterocycles. The van der Waals surface area contributed by atoms with Crippen LogP contribution in [0, 0.1) is 6.92 Å². The number of aryl methyl sites for hydroxylation is 2. The Balaban J connectivity index is 2.76. The summed E-state index contributed by atoms with van der Waals surface area (Å²) in [5, 5.41) is 0. The van der Waals surface area contributed by atoms with Crippen molar-refractivity contribution < 1.29 is 0 Å². The van der Waals surface area contributed by atoms with Crippen LogP contribution < -0.4 is 0 Å². The molecule has 0 bridgehead atoms. The van der Waals surface area contributed by atoms with Crippen LogP contribution in [0.4, 0.5) is 0 Å². The van der Waals surface area contributed by atoms with Gasteiger partial charge in [0.1, 0.15) is 0 Å². The summed E-state index contributed by atoms with van der Waals surface area (Å²) >= 11 is 0. The maximum absolute atomic E-state index is 2.30. The number of unbranched alkanes of at least 4 members (excludes halogenated alkanes) is 1. The zero-order valence-electron chi connectivity index (χ0n) is 10.9. The van der Waals surface area contributed by atoms with Crippen LogP contribution in [-0.4, -0.2) is 0 Å². The standard InChI is InChI=1S/C16H24/c1-4-6-8-13-16-14(3)10-9-12-15(16)11-7-5-2/h4,6,9-10,12H,5,7-8,11,13H2,1-3H3/b6-4+. The smallest absolute Gasteiger partial charge is 0.0239 e. The molecule has 1 rings (SSSR count). The zero-order valence-corrected chi connectivity index (χ0v) is 10.9. The lowest BCUT2D eigenvalue weighted by molar-refractivity contribution is 0.782. The monoisotopic (exact) mass is 216 g/mol. The highest BCUT2D eigenvalue weighted by atomic mass is 14.1. The van der Waals surface area contributed by atoms with E-state index >= 15 is 0 Å². The normalized spacial score (nSPS) is 11.2. The number of hydrogen-bond donors (Lipinski definition) is 0. The fraction of sp³-hybridized carbons (Fsp3) is 0.500. The summed E-state index contributed by atoms with van der Waals surface area (Å²) in [7, 11) is 0. The van der Waals surface area contributed by atoms with Crippen molar-refractivity contribution in [3.8, 4) is 0 Å². The Kier molecular flexibility index (Phi) is 5.92. The van der Waals surface area contributed by atoms with Crippen LogP contribution in [0.2, 0.25) is 0 Å². The largest absolute Gasteiger partial charge is 0.0917 e. The molecule has 0 nitrogen and oxygen atoms in total. The van der Waals surface area contributed by atoms with E-state index in [1.165, 1.54) is 37.7 Å². The minimum Gasteiger partial charge on any atom is -0.0917 e. The fourth-order valence-electron chi connectivity index (χ4n) is 2.12. The highest BCUT2D eigenvalue weighted by Gasteiger charge is 2.04. The lowest BCUT2D eigenvalue weighted by atomic mass is 9.94. The van der Waals surface area contributed by atoms with Gasteiger partial charge in [-0.3, -0.25) is 0 Å². The lowest BCUT2D eigenvalue weighted by Crippen LogP contribution is -1.97. The van der Waals surface area contributed by atoms with Crippen LogP contribution in [0.1, 0.15) is 49.8 Å². The molecular weight excluding hydrogens is 192 g/mol. The van der Waals surface area contributed by atoms with E-state index in [1.54, 1.807) is 11.1 Å². The summed E-state index contributed by atoms with van der Waals surface area (Å²) in [5.41, 5.74) is 4.60. The van der Waals surface area contributed by atoms with E-state index in [9.17, 15) is 0 Å². The molecule has 0 aromatic heterocycles. The van der Waals surface area contributed by atoms with Crippen LogP contribution in [-0.2, 0) is 12.8 Å². The van der Waals surface area contributed by atoms with E-state index < -0.39 is 0 Å². The SMILES string of the molecule is C/C=C/CCc1c(C)cccc1CCCC. The molecule has 0 saturated heterocycles.